The van der Waals surface area contributed by atoms with Crippen molar-refractivity contribution in [2.75, 3.05) is 19.6 Å². The van der Waals surface area contributed by atoms with E-state index < -0.39 is 17.0 Å². The van der Waals surface area contributed by atoms with Crippen LogP contribution in [0, 0.1) is 10.8 Å². The summed E-state index contributed by atoms with van der Waals surface area (Å²) in [5, 5.41) is 9.53. The molecule has 3 rings (SSSR count). The van der Waals surface area contributed by atoms with Crippen LogP contribution in [0.15, 0.2) is 12.3 Å². The first-order chi connectivity index (χ1) is 10.2. The van der Waals surface area contributed by atoms with Gasteiger partial charge >= 0.3 is 6.18 Å². The first-order valence-corrected chi connectivity index (χ1v) is 7.32. The lowest BCUT2D eigenvalue weighted by atomic mass is 9.95. The molecule has 1 aliphatic heterocycles. The minimum Gasteiger partial charge on any atom is -0.350 e. The zero-order chi connectivity index (χ0) is 16.2. The van der Waals surface area contributed by atoms with Crippen molar-refractivity contribution in [2.45, 2.75) is 32.5 Å². The van der Waals surface area contributed by atoms with Crippen molar-refractivity contribution >= 4 is 5.91 Å². The summed E-state index contributed by atoms with van der Waals surface area (Å²) in [4.78, 5) is 12.2. The molecule has 0 unspecified atom stereocenters. The van der Waals surface area contributed by atoms with Crippen molar-refractivity contribution in [1.29, 1.82) is 0 Å². The van der Waals surface area contributed by atoms with Gasteiger partial charge in [0.2, 0.25) is 0 Å². The first kappa shape index (κ1) is 15.3. The van der Waals surface area contributed by atoms with Gasteiger partial charge in [-0.2, -0.15) is 18.3 Å². The Bertz CT molecular complexity index is 597. The summed E-state index contributed by atoms with van der Waals surface area (Å²) < 4.78 is 41.3. The molecule has 0 radical (unpaired) electrons. The summed E-state index contributed by atoms with van der Waals surface area (Å²) >= 11 is 0. The average molecular weight is 316 g/mol. The highest BCUT2D eigenvalue weighted by atomic mass is 19.4. The molecule has 8 heteroatoms. The summed E-state index contributed by atoms with van der Waals surface area (Å²) in [5.74, 6) is -0.379. The molecular formula is C14H19F3N4O. The summed E-state index contributed by atoms with van der Waals surface area (Å²) in [7, 11) is 0. The van der Waals surface area contributed by atoms with Gasteiger partial charge in [0.1, 0.15) is 5.69 Å². The van der Waals surface area contributed by atoms with E-state index in [1.54, 1.807) is 10.7 Å². The zero-order valence-corrected chi connectivity index (χ0v) is 12.5. The van der Waals surface area contributed by atoms with Crippen molar-refractivity contribution in [3.05, 3.63) is 18.0 Å². The van der Waals surface area contributed by atoms with Crippen LogP contribution >= 0.6 is 0 Å². The Morgan fingerprint density at radius 3 is 2.82 bits per heavy atom. The van der Waals surface area contributed by atoms with Crippen molar-refractivity contribution in [1.82, 2.24) is 20.4 Å². The minimum absolute atomic E-state index is 0.0113. The maximum Gasteiger partial charge on any atom is 0.396 e. The Kier molecular flexibility index (Phi) is 3.28. The Hall–Kier alpha value is -1.57. The summed E-state index contributed by atoms with van der Waals surface area (Å²) in [6.07, 6.45) is -2.64. The second-order valence-electron chi connectivity index (χ2n) is 6.58. The van der Waals surface area contributed by atoms with Crippen LogP contribution in [0.5, 0.6) is 0 Å². The van der Waals surface area contributed by atoms with Crippen LogP contribution in [-0.4, -0.2) is 41.5 Å². The molecule has 122 valence electrons. The molecule has 2 fully saturated rings. The van der Waals surface area contributed by atoms with E-state index in [4.69, 9.17) is 0 Å². The average Bonchev–Trinajstić information content (AvgIpc) is 2.81. The third-order valence-electron chi connectivity index (χ3n) is 4.94. The van der Waals surface area contributed by atoms with E-state index in [1.807, 2.05) is 13.8 Å². The number of piperidine rings is 1. The van der Waals surface area contributed by atoms with Crippen LogP contribution < -0.4 is 10.6 Å². The number of halogens is 3. The largest absolute Gasteiger partial charge is 0.396 e. The third-order valence-corrected chi connectivity index (χ3v) is 4.94. The molecule has 2 heterocycles. The van der Waals surface area contributed by atoms with E-state index in [0.29, 0.717) is 5.69 Å². The van der Waals surface area contributed by atoms with Gasteiger partial charge in [-0.1, -0.05) is 0 Å². The predicted octanol–water partition coefficient (Wildman–Crippen LogP) is 1.74. The summed E-state index contributed by atoms with van der Waals surface area (Å²) in [5.41, 5.74) is -2.20. The molecular weight excluding hydrogens is 297 g/mol. The normalized spacial score (nSPS) is 30.5. The van der Waals surface area contributed by atoms with Gasteiger partial charge in [0.25, 0.3) is 5.91 Å². The van der Waals surface area contributed by atoms with Crippen LogP contribution in [0.1, 0.15) is 36.8 Å². The van der Waals surface area contributed by atoms with Gasteiger partial charge in [0, 0.05) is 37.3 Å². The number of carbonyl (C=O) groups is 1. The number of hydrogen-bond acceptors (Lipinski definition) is 3. The second kappa shape index (κ2) is 4.71. The number of nitrogens with zero attached hydrogens (tertiary/aromatic N) is 2. The molecule has 2 atom stereocenters. The highest BCUT2D eigenvalue weighted by Crippen LogP contribution is 2.72. The van der Waals surface area contributed by atoms with Crippen molar-refractivity contribution in [3.8, 4) is 0 Å². The highest BCUT2D eigenvalue weighted by Gasteiger charge is 2.81. The molecule has 22 heavy (non-hydrogen) atoms. The van der Waals surface area contributed by atoms with Crippen LogP contribution in [0.25, 0.3) is 0 Å². The number of alkyl halides is 3. The van der Waals surface area contributed by atoms with E-state index >= 15 is 0 Å². The van der Waals surface area contributed by atoms with Gasteiger partial charge in [-0.15, -0.1) is 0 Å². The van der Waals surface area contributed by atoms with E-state index in [-0.39, 0.29) is 38.0 Å². The number of nitrogens with one attached hydrogen (secondary N) is 2. The number of amides is 1. The molecule has 5 nitrogen and oxygen atoms in total. The van der Waals surface area contributed by atoms with Gasteiger partial charge < -0.3 is 10.6 Å². The van der Waals surface area contributed by atoms with Crippen molar-refractivity contribution in [2.24, 2.45) is 10.8 Å². The lowest BCUT2D eigenvalue weighted by Crippen LogP contribution is -2.38. The van der Waals surface area contributed by atoms with Crippen LogP contribution in [0.2, 0.25) is 0 Å². The lowest BCUT2D eigenvalue weighted by molar-refractivity contribution is -0.190. The number of fused-ring (bicyclic) bond motifs is 1. The zero-order valence-electron chi connectivity index (χ0n) is 12.5. The van der Waals surface area contributed by atoms with Crippen molar-refractivity contribution in [3.63, 3.8) is 0 Å². The Morgan fingerprint density at radius 2 is 2.23 bits per heavy atom. The van der Waals surface area contributed by atoms with Gasteiger partial charge in [-0.25, -0.2) is 0 Å². The highest BCUT2D eigenvalue weighted by molar-refractivity contribution is 5.92. The SMILES string of the molecule is CC(C)n1nccc1C(=O)NC[C@@]12CNC[C@]1(C(F)(F)F)C2. The monoisotopic (exact) mass is 316 g/mol. The Balaban J connectivity index is 1.69. The molecule has 1 saturated heterocycles. The summed E-state index contributed by atoms with van der Waals surface area (Å²) in [6.45, 7) is 4.03. The smallest absolute Gasteiger partial charge is 0.350 e. The van der Waals surface area contributed by atoms with Gasteiger partial charge in [0.05, 0.1) is 5.41 Å². The maximum absolute atomic E-state index is 13.2. The molecule has 0 spiro atoms. The summed E-state index contributed by atoms with van der Waals surface area (Å²) in [6, 6.07) is 1.58. The fourth-order valence-electron chi connectivity index (χ4n) is 3.57. The standard InChI is InChI=1S/C14H19F3N4O/c1-9(2)21-10(3-4-20-21)11(22)19-7-12-5-13(12,8-18-6-12)14(15,16)17/h3-4,9,18H,5-8H2,1-2H3,(H,19,22)/t12-,13-/m1/s1. The van der Waals surface area contributed by atoms with Gasteiger partial charge in [0.15, 0.2) is 0 Å². The molecule has 1 saturated carbocycles. The number of hydrogen-bond donors (Lipinski definition) is 2. The van der Waals surface area contributed by atoms with E-state index in [1.165, 1.54) is 6.20 Å². The minimum atomic E-state index is -4.24. The second-order valence-corrected chi connectivity index (χ2v) is 6.58. The van der Waals surface area contributed by atoms with Crippen LogP contribution in [-0.2, 0) is 0 Å². The number of aromatic nitrogens is 2. The molecule has 2 aliphatic rings. The molecule has 1 aliphatic carbocycles. The molecule has 0 bridgehead atoms. The Morgan fingerprint density at radius 1 is 1.50 bits per heavy atom. The molecule has 1 aromatic heterocycles. The molecule has 1 amide bonds. The molecule has 0 aromatic carbocycles. The number of carbonyl (C=O) groups excluding carboxylic acids is 1. The van der Waals surface area contributed by atoms with Gasteiger partial charge in [-0.3, -0.25) is 9.48 Å². The van der Waals surface area contributed by atoms with E-state index in [0.717, 1.165) is 0 Å². The Labute approximate surface area is 126 Å². The van der Waals surface area contributed by atoms with Crippen LogP contribution in [0.4, 0.5) is 13.2 Å². The van der Waals surface area contributed by atoms with E-state index in [9.17, 15) is 18.0 Å². The maximum atomic E-state index is 13.2. The van der Waals surface area contributed by atoms with Crippen LogP contribution in [0.3, 0.4) is 0 Å². The fourth-order valence-corrected chi connectivity index (χ4v) is 3.57. The number of rotatable bonds is 4. The topological polar surface area (TPSA) is 59.0 Å². The molecule has 2 N–H and O–H groups in total. The lowest BCUT2D eigenvalue weighted by Gasteiger charge is -2.21. The first-order valence-electron chi connectivity index (χ1n) is 7.32. The van der Waals surface area contributed by atoms with Crippen molar-refractivity contribution < 1.29 is 18.0 Å². The predicted molar refractivity (Wildman–Crippen MR) is 73.4 cm³/mol. The quantitative estimate of drug-likeness (QED) is 0.889. The third kappa shape index (κ3) is 2.04. The fraction of sp³-hybridized carbons (Fsp3) is 0.714. The van der Waals surface area contributed by atoms with E-state index in [2.05, 4.69) is 15.7 Å². The van der Waals surface area contributed by atoms with Gasteiger partial charge in [-0.05, 0) is 26.3 Å². The molecule has 1 aromatic rings.